The van der Waals surface area contributed by atoms with Gasteiger partial charge >= 0.3 is 6.18 Å². The van der Waals surface area contributed by atoms with E-state index in [9.17, 15) is 18.0 Å². The van der Waals surface area contributed by atoms with Gasteiger partial charge in [0.15, 0.2) is 0 Å². The lowest BCUT2D eigenvalue weighted by Crippen LogP contribution is -2.48. The number of hydrogen-bond acceptors (Lipinski definition) is 4. The van der Waals surface area contributed by atoms with Gasteiger partial charge in [-0.2, -0.15) is 13.2 Å². The summed E-state index contributed by atoms with van der Waals surface area (Å²) >= 11 is 0. The zero-order valence-corrected chi connectivity index (χ0v) is 16.0. The molecule has 0 bridgehead atoms. The first kappa shape index (κ1) is 21.0. The fraction of sp³-hybridized carbons (Fsp3) is 0.700. The van der Waals surface area contributed by atoms with E-state index >= 15 is 0 Å². The molecule has 3 atom stereocenters. The number of hydrogen-bond donors (Lipinski definition) is 1. The summed E-state index contributed by atoms with van der Waals surface area (Å²) in [6.45, 7) is 2.11. The lowest BCUT2D eigenvalue weighted by atomic mass is 9.83. The van der Waals surface area contributed by atoms with Gasteiger partial charge < -0.3 is 14.7 Å². The highest BCUT2D eigenvalue weighted by molar-refractivity contribution is 5.78. The van der Waals surface area contributed by atoms with Crippen molar-refractivity contribution in [2.24, 2.45) is 11.8 Å². The Bertz CT molecular complexity index is 660. The first-order valence-corrected chi connectivity index (χ1v) is 9.74. The molecule has 1 spiro atoms. The first-order valence-electron chi connectivity index (χ1n) is 9.74. The number of nitrogens with zero attached hydrogens (tertiary/aromatic N) is 2. The number of carbonyl (C=O) groups excluding carboxylic acids is 1. The molecule has 0 aliphatic carbocycles. The van der Waals surface area contributed by atoms with Gasteiger partial charge in [0.25, 0.3) is 0 Å². The van der Waals surface area contributed by atoms with Gasteiger partial charge in [-0.15, -0.1) is 0 Å². The van der Waals surface area contributed by atoms with Crippen LogP contribution >= 0.6 is 0 Å². The molecule has 8 heteroatoms. The molecule has 2 fully saturated rings. The van der Waals surface area contributed by atoms with Gasteiger partial charge in [0.05, 0.1) is 24.7 Å². The summed E-state index contributed by atoms with van der Waals surface area (Å²) in [6.07, 6.45) is 0.952. The third kappa shape index (κ3) is 4.66. The molecule has 1 N–H and O–H groups in total. The molecule has 2 saturated heterocycles. The Hall–Kier alpha value is -1.67. The number of pyridine rings is 1. The van der Waals surface area contributed by atoms with E-state index in [2.05, 4.69) is 4.98 Å². The van der Waals surface area contributed by atoms with E-state index in [1.165, 1.54) is 6.92 Å². The van der Waals surface area contributed by atoms with Crippen molar-refractivity contribution in [2.45, 2.75) is 50.3 Å². The maximum Gasteiger partial charge on any atom is 0.394 e. The van der Waals surface area contributed by atoms with Crippen LogP contribution < -0.4 is 0 Å². The molecule has 0 saturated carbocycles. The average molecular weight is 400 g/mol. The molecular formula is C20H27F3N2O3. The van der Waals surface area contributed by atoms with Gasteiger partial charge in [-0.3, -0.25) is 9.78 Å². The fourth-order valence-electron chi connectivity index (χ4n) is 4.31. The number of piperidine rings is 1. The van der Waals surface area contributed by atoms with Crippen molar-refractivity contribution >= 4 is 5.91 Å². The van der Waals surface area contributed by atoms with Crippen molar-refractivity contribution in [3.05, 3.63) is 30.1 Å². The number of aliphatic hydroxyl groups excluding tert-OH is 1. The van der Waals surface area contributed by atoms with E-state index in [1.807, 2.05) is 18.3 Å². The van der Waals surface area contributed by atoms with E-state index in [-0.39, 0.29) is 23.8 Å². The largest absolute Gasteiger partial charge is 0.396 e. The SMILES string of the molecule is CC(CC(CO)C(F)(F)F)C(=O)N1CCC2(CC1)CC(c1cccnc1)CO2. The second kappa shape index (κ2) is 8.37. The highest BCUT2D eigenvalue weighted by Gasteiger charge is 2.45. The Morgan fingerprint density at radius 3 is 2.71 bits per heavy atom. The average Bonchev–Trinajstić information content (AvgIpc) is 3.09. The number of halogens is 3. The van der Waals surface area contributed by atoms with Gasteiger partial charge in [0.2, 0.25) is 5.91 Å². The van der Waals surface area contributed by atoms with Gasteiger partial charge in [-0.05, 0) is 37.3 Å². The predicted molar refractivity (Wildman–Crippen MR) is 96.5 cm³/mol. The summed E-state index contributed by atoms with van der Waals surface area (Å²) in [6, 6.07) is 3.95. The van der Waals surface area contributed by atoms with Crippen molar-refractivity contribution in [2.75, 3.05) is 26.3 Å². The second-order valence-corrected chi connectivity index (χ2v) is 8.06. The van der Waals surface area contributed by atoms with Gasteiger partial charge in [0, 0.05) is 37.3 Å². The molecule has 0 aromatic carbocycles. The van der Waals surface area contributed by atoms with Crippen LogP contribution in [0.4, 0.5) is 13.2 Å². The number of rotatable bonds is 5. The number of likely N-dealkylation sites (tertiary alicyclic amines) is 1. The standard InChI is InChI=1S/C20H27F3N2O3/c1-14(9-17(12-26)20(21,22)23)18(27)25-7-4-19(5-8-25)10-16(13-28-19)15-3-2-6-24-11-15/h2-3,6,11,14,16-17,26H,4-5,7-10,12-13H2,1H3. The van der Waals surface area contributed by atoms with E-state index in [0.717, 1.165) is 12.0 Å². The molecule has 5 nitrogen and oxygen atoms in total. The van der Waals surface area contributed by atoms with Crippen LogP contribution in [0.5, 0.6) is 0 Å². The summed E-state index contributed by atoms with van der Waals surface area (Å²) in [5, 5.41) is 8.99. The van der Waals surface area contributed by atoms with Gasteiger partial charge in [0.1, 0.15) is 0 Å². The van der Waals surface area contributed by atoms with Crippen LogP contribution in [0.2, 0.25) is 0 Å². The third-order valence-electron chi connectivity index (χ3n) is 6.09. The highest BCUT2D eigenvalue weighted by atomic mass is 19.4. The highest BCUT2D eigenvalue weighted by Crippen LogP contribution is 2.43. The van der Waals surface area contributed by atoms with Crippen molar-refractivity contribution in [3.63, 3.8) is 0 Å². The number of ether oxygens (including phenoxy) is 1. The molecule has 3 heterocycles. The summed E-state index contributed by atoms with van der Waals surface area (Å²) < 4.78 is 44.7. The Kier molecular flexibility index (Phi) is 6.29. The number of aromatic nitrogens is 1. The zero-order valence-electron chi connectivity index (χ0n) is 16.0. The van der Waals surface area contributed by atoms with E-state index in [4.69, 9.17) is 9.84 Å². The van der Waals surface area contributed by atoms with Crippen molar-refractivity contribution in [3.8, 4) is 0 Å². The van der Waals surface area contributed by atoms with Crippen molar-refractivity contribution in [1.29, 1.82) is 0 Å². The van der Waals surface area contributed by atoms with E-state index in [1.54, 1.807) is 11.1 Å². The smallest absolute Gasteiger partial charge is 0.394 e. The molecule has 0 radical (unpaired) electrons. The third-order valence-corrected chi connectivity index (χ3v) is 6.09. The van der Waals surface area contributed by atoms with Crippen LogP contribution in [0.25, 0.3) is 0 Å². The predicted octanol–water partition coefficient (Wildman–Crippen LogP) is 3.14. The summed E-state index contributed by atoms with van der Waals surface area (Å²) in [4.78, 5) is 18.4. The minimum Gasteiger partial charge on any atom is -0.396 e. The fourth-order valence-corrected chi connectivity index (χ4v) is 4.31. The molecule has 1 amide bonds. The Balaban J connectivity index is 1.53. The summed E-state index contributed by atoms with van der Waals surface area (Å²) in [7, 11) is 0. The van der Waals surface area contributed by atoms with Crippen LogP contribution in [-0.4, -0.2) is 59.0 Å². The van der Waals surface area contributed by atoms with Crippen LogP contribution in [0.15, 0.2) is 24.5 Å². The lowest BCUT2D eigenvalue weighted by molar-refractivity contribution is -0.189. The molecule has 156 valence electrons. The Labute approximate surface area is 162 Å². The number of amides is 1. The Morgan fingerprint density at radius 2 is 2.14 bits per heavy atom. The van der Waals surface area contributed by atoms with Crippen LogP contribution in [0.1, 0.15) is 44.1 Å². The quantitative estimate of drug-likeness (QED) is 0.825. The molecule has 2 aliphatic rings. The zero-order chi connectivity index (χ0) is 20.4. The summed E-state index contributed by atoms with van der Waals surface area (Å²) in [5.74, 6) is -2.63. The first-order chi connectivity index (χ1) is 13.2. The number of carbonyl (C=O) groups is 1. The molecular weight excluding hydrogens is 373 g/mol. The van der Waals surface area contributed by atoms with Gasteiger partial charge in [-0.25, -0.2) is 0 Å². The lowest BCUT2D eigenvalue weighted by Gasteiger charge is -2.40. The molecule has 28 heavy (non-hydrogen) atoms. The minimum absolute atomic E-state index is 0.264. The normalized spacial score (nSPS) is 24.3. The van der Waals surface area contributed by atoms with Gasteiger partial charge in [-0.1, -0.05) is 13.0 Å². The van der Waals surface area contributed by atoms with Crippen molar-refractivity contribution < 1.29 is 27.8 Å². The van der Waals surface area contributed by atoms with Crippen molar-refractivity contribution in [1.82, 2.24) is 9.88 Å². The molecule has 1 aromatic heterocycles. The minimum atomic E-state index is -4.49. The molecule has 3 rings (SSSR count). The monoisotopic (exact) mass is 400 g/mol. The summed E-state index contributed by atoms with van der Waals surface area (Å²) in [5.41, 5.74) is 0.883. The maximum atomic E-state index is 12.9. The molecule has 2 aliphatic heterocycles. The Morgan fingerprint density at radius 1 is 1.43 bits per heavy atom. The maximum absolute atomic E-state index is 12.9. The van der Waals surface area contributed by atoms with Crippen LogP contribution in [0.3, 0.4) is 0 Å². The number of alkyl halides is 3. The second-order valence-electron chi connectivity index (χ2n) is 8.06. The van der Waals surface area contributed by atoms with E-state index in [0.29, 0.717) is 32.5 Å². The topological polar surface area (TPSA) is 62.7 Å². The molecule has 1 aromatic rings. The molecule has 3 unspecified atom stereocenters. The van der Waals surface area contributed by atoms with E-state index < -0.39 is 24.6 Å². The number of aliphatic hydroxyl groups is 1. The van der Waals surface area contributed by atoms with Crippen LogP contribution in [-0.2, 0) is 9.53 Å². The van der Waals surface area contributed by atoms with Crippen LogP contribution in [0, 0.1) is 11.8 Å².